The van der Waals surface area contributed by atoms with Crippen LogP contribution in [0.2, 0.25) is 5.02 Å². The summed E-state index contributed by atoms with van der Waals surface area (Å²) in [4.78, 5) is 17.3. The largest absolute Gasteiger partial charge is 0.459 e. The topological polar surface area (TPSA) is 39.2 Å². The van der Waals surface area contributed by atoms with E-state index in [4.69, 9.17) is 16.3 Å². The van der Waals surface area contributed by atoms with Crippen LogP contribution in [0.3, 0.4) is 0 Å². The van der Waals surface area contributed by atoms with Crippen LogP contribution in [0.4, 0.5) is 13.2 Å². The molecular weight excluding hydrogens is 463 g/mol. The molecule has 0 N–H and O–H groups in total. The van der Waals surface area contributed by atoms with E-state index in [0.29, 0.717) is 17.7 Å². The van der Waals surface area contributed by atoms with Gasteiger partial charge in [-0.15, -0.1) is 0 Å². The third-order valence-corrected chi connectivity index (χ3v) is 5.58. The number of rotatable bonds is 8. The van der Waals surface area contributed by atoms with Gasteiger partial charge < -0.3 is 4.74 Å². The van der Waals surface area contributed by atoms with Crippen molar-refractivity contribution in [3.63, 3.8) is 0 Å². The Hall–Kier alpha value is -3.12. The summed E-state index contributed by atoms with van der Waals surface area (Å²) < 4.78 is 44.0. The monoisotopic (exact) mass is 487 g/mol. The molecule has 0 radical (unpaired) electrons. The molecule has 3 aromatic rings. The highest BCUT2D eigenvalue weighted by atomic mass is 35.5. The zero-order valence-corrected chi connectivity index (χ0v) is 19.6. The van der Waals surface area contributed by atoms with Crippen molar-refractivity contribution in [2.24, 2.45) is 11.8 Å². The molecule has 7 heteroatoms. The van der Waals surface area contributed by atoms with E-state index in [-0.39, 0.29) is 17.5 Å². The zero-order valence-electron chi connectivity index (χ0n) is 18.9. The number of pyridine rings is 1. The third kappa shape index (κ3) is 7.19. The fourth-order valence-corrected chi connectivity index (χ4v) is 3.62. The molecule has 34 heavy (non-hydrogen) atoms. The molecule has 0 aliphatic rings. The molecule has 3 rings (SSSR count). The molecule has 0 aliphatic carbocycles. The predicted molar refractivity (Wildman–Crippen MR) is 127 cm³/mol. The Bertz CT molecular complexity index is 1140. The highest BCUT2D eigenvalue weighted by molar-refractivity contribution is 6.32. The summed E-state index contributed by atoms with van der Waals surface area (Å²) in [6, 6.07) is 18.7. The molecule has 1 heterocycles. The fourth-order valence-electron chi connectivity index (χ4n) is 3.37. The molecular formula is C27H25ClF3NO2. The number of carbonyl (C=O) groups excluding carboxylic acids is 1. The Morgan fingerprint density at radius 2 is 1.74 bits per heavy atom. The number of esters is 1. The summed E-state index contributed by atoms with van der Waals surface area (Å²) in [5.74, 6) is -1.12. The van der Waals surface area contributed by atoms with E-state index in [2.05, 4.69) is 4.98 Å². The number of nitrogens with zero attached hydrogens (tertiary/aromatic N) is 1. The van der Waals surface area contributed by atoms with Crippen molar-refractivity contribution in [1.29, 1.82) is 0 Å². The Balaban J connectivity index is 1.65. The van der Waals surface area contributed by atoms with Crippen LogP contribution in [-0.4, -0.2) is 11.0 Å². The minimum Gasteiger partial charge on any atom is -0.459 e. The molecule has 1 unspecified atom stereocenters. The van der Waals surface area contributed by atoms with E-state index in [9.17, 15) is 18.0 Å². The van der Waals surface area contributed by atoms with Crippen LogP contribution in [0, 0.1) is 11.8 Å². The van der Waals surface area contributed by atoms with Crippen molar-refractivity contribution in [2.45, 2.75) is 33.1 Å². The average molecular weight is 488 g/mol. The molecule has 0 spiro atoms. The number of alkyl halides is 3. The third-order valence-electron chi connectivity index (χ3n) is 5.26. The van der Waals surface area contributed by atoms with Gasteiger partial charge in [0.1, 0.15) is 6.61 Å². The summed E-state index contributed by atoms with van der Waals surface area (Å²) in [5, 5.41) is -0.0404. The first kappa shape index (κ1) is 25.5. The van der Waals surface area contributed by atoms with Gasteiger partial charge in [-0.3, -0.25) is 9.78 Å². The van der Waals surface area contributed by atoms with Gasteiger partial charge in [0.05, 0.1) is 17.2 Å². The van der Waals surface area contributed by atoms with Gasteiger partial charge in [-0.05, 0) is 41.3 Å². The quantitative estimate of drug-likeness (QED) is 0.311. The number of aromatic nitrogens is 1. The van der Waals surface area contributed by atoms with Gasteiger partial charge >= 0.3 is 12.1 Å². The highest BCUT2D eigenvalue weighted by Crippen LogP contribution is 2.32. The van der Waals surface area contributed by atoms with E-state index >= 15 is 0 Å². The molecule has 0 aliphatic heterocycles. The normalized spacial score (nSPS) is 12.8. The number of hydrogen-bond donors (Lipinski definition) is 0. The maximum absolute atomic E-state index is 12.8. The second-order valence-corrected chi connectivity index (χ2v) is 8.66. The van der Waals surface area contributed by atoms with Crippen molar-refractivity contribution < 1.29 is 22.7 Å². The predicted octanol–water partition coefficient (Wildman–Crippen LogP) is 7.37. The maximum atomic E-state index is 12.8. The molecule has 0 fully saturated rings. The molecule has 0 bridgehead atoms. The average Bonchev–Trinajstić information content (AvgIpc) is 2.79. The van der Waals surface area contributed by atoms with Crippen molar-refractivity contribution in [1.82, 2.24) is 4.98 Å². The van der Waals surface area contributed by atoms with Gasteiger partial charge in [-0.2, -0.15) is 13.2 Å². The first-order chi connectivity index (χ1) is 16.1. The van der Waals surface area contributed by atoms with Crippen LogP contribution in [0.1, 0.15) is 41.9 Å². The highest BCUT2D eigenvalue weighted by Gasteiger charge is 2.30. The van der Waals surface area contributed by atoms with Crippen LogP contribution in [0.15, 0.2) is 72.8 Å². The SMILES string of the molecule is CC(C)C(C=Cc1ccc(C(F)(F)F)cc1Cl)C(=O)OCc1cccc(Cc2ccccc2)n1. The van der Waals surface area contributed by atoms with E-state index in [1.807, 2.05) is 56.3 Å². The van der Waals surface area contributed by atoms with E-state index in [0.717, 1.165) is 23.4 Å². The van der Waals surface area contributed by atoms with Crippen LogP contribution in [0.5, 0.6) is 0 Å². The van der Waals surface area contributed by atoms with E-state index < -0.39 is 23.6 Å². The minimum absolute atomic E-state index is 0.0273. The Morgan fingerprint density at radius 3 is 2.38 bits per heavy atom. The summed E-state index contributed by atoms with van der Waals surface area (Å²) >= 11 is 6.02. The van der Waals surface area contributed by atoms with Crippen molar-refractivity contribution in [2.75, 3.05) is 0 Å². The Kier molecular flexibility index (Phi) is 8.51. The molecule has 0 saturated heterocycles. The van der Waals surface area contributed by atoms with Crippen LogP contribution in [-0.2, 0) is 28.7 Å². The number of carbonyl (C=O) groups is 1. The lowest BCUT2D eigenvalue weighted by Gasteiger charge is -2.16. The van der Waals surface area contributed by atoms with Gasteiger partial charge in [0.25, 0.3) is 0 Å². The second-order valence-electron chi connectivity index (χ2n) is 8.25. The van der Waals surface area contributed by atoms with Gasteiger partial charge in [0.15, 0.2) is 0 Å². The standard InChI is InChI=1S/C27H25ClF3NO2/c1-18(2)24(14-12-20-11-13-21(16-25(20)28)27(29,30)31)26(33)34-17-23-10-6-9-22(32-23)15-19-7-4-3-5-8-19/h3-14,16,18,24H,15,17H2,1-2H3. The Labute approximate surface area is 202 Å². The molecule has 3 nitrogen and oxygen atoms in total. The summed E-state index contributed by atoms with van der Waals surface area (Å²) in [7, 11) is 0. The van der Waals surface area contributed by atoms with Crippen LogP contribution >= 0.6 is 11.6 Å². The molecule has 0 amide bonds. The number of benzene rings is 2. The lowest BCUT2D eigenvalue weighted by atomic mass is 9.94. The molecule has 0 saturated carbocycles. The molecule has 2 aromatic carbocycles. The number of ether oxygens (including phenoxy) is 1. The second kappa shape index (κ2) is 11.3. The zero-order chi connectivity index (χ0) is 24.7. The van der Waals surface area contributed by atoms with Gasteiger partial charge in [0.2, 0.25) is 0 Å². The molecule has 1 atom stereocenters. The molecule has 1 aromatic heterocycles. The van der Waals surface area contributed by atoms with Crippen LogP contribution in [0.25, 0.3) is 6.08 Å². The van der Waals surface area contributed by atoms with Crippen LogP contribution < -0.4 is 0 Å². The minimum atomic E-state index is -4.47. The summed E-state index contributed by atoms with van der Waals surface area (Å²) in [6.45, 7) is 3.76. The lowest BCUT2D eigenvalue weighted by molar-refractivity contribution is -0.149. The smallest absolute Gasteiger partial charge is 0.416 e. The fraction of sp³-hybridized carbons (Fsp3) is 0.259. The number of hydrogen-bond acceptors (Lipinski definition) is 3. The first-order valence-electron chi connectivity index (χ1n) is 10.8. The van der Waals surface area contributed by atoms with Crippen molar-refractivity contribution in [3.05, 3.63) is 106 Å². The lowest BCUT2D eigenvalue weighted by Crippen LogP contribution is -2.21. The van der Waals surface area contributed by atoms with Crippen molar-refractivity contribution in [3.8, 4) is 0 Å². The van der Waals surface area contributed by atoms with Crippen molar-refractivity contribution >= 4 is 23.6 Å². The summed E-state index contributed by atoms with van der Waals surface area (Å²) in [6.07, 6.45) is -0.635. The number of halogens is 4. The molecule has 178 valence electrons. The van der Waals surface area contributed by atoms with E-state index in [1.54, 1.807) is 18.2 Å². The van der Waals surface area contributed by atoms with Gasteiger partial charge in [-0.1, -0.05) is 80.1 Å². The van der Waals surface area contributed by atoms with E-state index in [1.165, 1.54) is 6.07 Å². The Morgan fingerprint density at radius 1 is 1.03 bits per heavy atom. The van der Waals surface area contributed by atoms with Gasteiger partial charge in [-0.25, -0.2) is 0 Å². The maximum Gasteiger partial charge on any atom is 0.416 e. The first-order valence-corrected chi connectivity index (χ1v) is 11.2. The summed E-state index contributed by atoms with van der Waals surface area (Å²) in [5.41, 5.74) is 2.21. The van der Waals surface area contributed by atoms with Gasteiger partial charge in [0, 0.05) is 17.1 Å².